The summed E-state index contributed by atoms with van der Waals surface area (Å²) in [6.45, 7) is 0. The van der Waals surface area contributed by atoms with Crippen LogP contribution in [0.15, 0.2) is 48.7 Å². The second kappa shape index (κ2) is 6.01. The largest absolute Gasteiger partial charge is 0.317 e. The average Bonchev–Trinajstić information content (AvgIpc) is 2.40. The highest BCUT2D eigenvalue weighted by molar-refractivity contribution is 7.80. The first-order chi connectivity index (χ1) is 9.16. The van der Waals surface area contributed by atoms with Gasteiger partial charge in [0, 0.05) is 6.20 Å². The number of anilines is 1. The van der Waals surface area contributed by atoms with Gasteiger partial charge in [0.15, 0.2) is 5.11 Å². The molecule has 2 aromatic rings. The SMILES string of the molecule is O=C(NC(=S)Nc1ccccn1)c1ccccc1F. The highest BCUT2D eigenvalue weighted by atomic mass is 32.1. The lowest BCUT2D eigenvalue weighted by Gasteiger charge is -2.08. The Morgan fingerprint density at radius 2 is 1.89 bits per heavy atom. The lowest BCUT2D eigenvalue weighted by atomic mass is 10.2. The Balaban J connectivity index is 2.00. The normalized spacial score (nSPS) is 9.74. The monoisotopic (exact) mass is 275 g/mol. The molecular formula is C13H10FN3OS. The molecule has 0 aliphatic heterocycles. The first-order valence-corrected chi connectivity index (χ1v) is 5.85. The summed E-state index contributed by atoms with van der Waals surface area (Å²) in [5.41, 5.74) is -0.0623. The number of pyridine rings is 1. The minimum atomic E-state index is -0.605. The lowest BCUT2D eigenvalue weighted by Crippen LogP contribution is -2.34. The zero-order valence-electron chi connectivity index (χ0n) is 9.76. The van der Waals surface area contributed by atoms with Gasteiger partial charge in [-0.05, 0) is 36.5 Å². The first-order valence-electron chi connectivity index (χ1n) is 5.45. The van der Waals surface area contributed by atoms with E-state index in [1.807, 2.05) is 0 Å². The molecule has 6 heteroatoms. The molecule has 0 saturated heterocycles. The fourth-order valence-electron chi connectivity index (χ4n) is 1.40. The molecule has 0 unspecified atom stereocenters. The zero-order chi connectivity index (χ0) is 13.7. The van der Waals surface area contributed by atoms with Crippen LogP contribution in [0.4, 0.5) is 10.2 Å². The third kappa shape index (κ3) is 3.56. The van der Waals surface area contributed by atoms with Crippen LogP contribution in [0.2, 0.25) is 0 Å². The molecule has 96 valence electrons. The molecule has 0 spiro atoms. The van der Waals surface area contributed by atoms with E-state index >= 15 is 0 Å². The van der Waals surface area contributed by atoms with E-state index in [0.717, 1.165) is 0 Å². The van der Waals surface area contributed by atoms with Crippen LogP contribution in [0.25, 0.3) is 0 Å². The molecular weight excluding hydrogens is 265 g/mol. The van der Waals surface area contributed by atoms with Crippen LogP contribution >= 0.6 is 12.2 Å². The topological polar surface area (TPSA) is 54.0 Å². The maximum Gasteiger partial charge on any atom is 0.260 e. The number of benzene rings is 1. The Hall–Kier alpha value is -2.34. The minimum Gasteiger partial charge on any atom is -0.317 e. The molecule has 19 heavy (non-hydrogen) atoms. The van der Waals surface area contributed by atoms with Crippen molar-refractivity contribution in [2.24, 2.45) is 0 Å². The second-order valence-electron chi connectivity index (χ2n) is 3.60. The number of carbonyl (C=O) groups is 1. The van der Waals surface area contributed by atoms with E-state index in [-0.39, 0.29) is 10.7 Å². The van der Waals surface area contributed by atoms with Crippen LogP contribution in [-0.4, -0.2) is 16.0 Å². The maximum atomic E-state index is 13.4. The van der Waals surface area contributed by atoms with Crippen LogP contribution in [0.3, 0.4) is 0 Å². The molecule has 1 amide bonds. The van der Waals surface area contributed by atoms with E-state index < -0.39 is 11.7 Å². The number of hydrogen-bond donors (Lipinski definition) is 2. The number of nitrogens with one attached hydrogen (secondary N) is 2. The molecule has 0 aliphatic rings. The van der Waals surface area contributed by atoms with Crippen molar-refractivity contribution in [3.05, 3.63) is 60.0 Å². The maximum absolute atomic E-state index is 13.4. The summed E-state index contributed by atoms with van der Waals surface area (Å²) in [7, 11) is 0. The van der Waals surface area contributed by atoms with E-state index in [2.05, 4.69) is 15.6 Å². The van der Waals surface area contributed by atoms with Gasteiger partial charge in [-0.15, -0.1) is 0 Å². The standard InChI is InChI=1S/C13H10FN3OS/c14-10-6-2-1-5-9(10)12(18)17-13(19)16-11-7-3-4-8-15-11/h1-8H,(H2,15,16,17,18,19). The van der Waals surface area contributed by atoms with Crippen LogP contribution < -0.4 is 10.6 Å². The van der Waals surface area contributed by atoms with Crippen LogP contribution in [-0.2, 0) is 0 Å². The number of thiocarbonyl (C=S) groups is 1. The number of hydrogen-bond acceptors (Lipinski definition) is 3. The van der Waals surface area contributed by atoms with Crippen LogP contribution in [0, 0.1) is 5.82 Å². The fraction of sp³-hybridized carbons (Fsp3) is 0. The fourth-order valence-corrected chi connectivity index (χ4v) is 1.60. The Bertz CT molecular complexity index is 604. The highest BCUT2D eigenvalue weighted by Crippen LogP contribution is 2.06. The molecule has 2 N–H and O–H groups in total. The van der Waals surface area contributed by atoms with Gasteiger partial charge in [0.1, 0.15) is 11.6 Å². The number of nitrogens with zero attached hydrogens (tertiary/aromatic N) is 1. The molecule has 4 nitrogen and oxygen atoms in total. The molecule has 0 saturated carbocycles. The second-order valence-corrected chi connectivity index (χ2v) is 4.01. The molecule has 0 atom stereocenters. The summed E-state index contributed by atoms with van der Waals surface area (Å²) >= 11 is 4.95. The molecule has 0 bridgehead atoms. The summed E-state index contributed by atoms with van der Waals surface area (Å²) in [4.78, 5) is 15.8. The van der Waals surface area contributed by atoms with Gasteiger partial charge in [-0.25, -0.2) is 9.37 Å². The molecule has 0 aliphatic carbocycles. The third-order valence-corrected chi connectivity index (χ3v) is 2.46. The zero-order valence-corrected chi connectivity index (χ0v) is 10.6. The molecule has 1 aromatic carbocycles. The molecule has 0 radical (unpaired) electrons. The van der Waals surface area contributed by atoms with Crippen molar-refractivity contribution >= 4 is 29.1 Å². The Morgan fingerprint density at radius 1 is 1.16 bits per heavy atom. The first kappa shape index (κ1) is 13.1. The van der Waals surface area contributed by atoms with Gasteiger partial charge in [-0.2, -0.15) is 0 Å². The van der Waals surface area contributed by atoms with Gasteiger partial charge in [0.2, 0.25) is 0 Å². The van der Waals surface area contributed by atoms with Gasteiger partial charge in [-0.3, -0.25) is 10.1 Å². The van der Waals surface area contributed by atoms with E-state index in [4.69, 9.17) is 12.2 Å². The number of halogens is 1. The Labute approximate surface area is 114 Å². The Kier molecular flexibility index (Phi) is 4.15. The summed E-state index contributed by atoms with van der Waals surface area (Å²) < 4.78 is 13.4. The van der Waals surface area contributed by atoms with Gasteiger partial charge in [0.25, 0.3) is 5.91 Å². The molecule has 1 heterocycles. The van der Waals surface area contributed by atoms with Gasteiger partial charge in [-0.1, -0.05) is 18.2 Å². The molecule has 0 fully saturated rings. The van der Waals surface area contributed by atoms with Crippen molar-refractivity contribution in [1.82, 2.24) is 10.3 Å². The van der Waals surface area contributed by atoms with E-state index in [1.54, 1.807) is 30.5 Å². The summed E-state index contributed by atoms with van der Waals surface area (Å²) in [6.07, 6.45) is 1.59. The quantitative estimate of drug-likeness (QED) is 0.826. The smallest absolute Gasteiger partial charge is 0.260 e. The number of rotatable bonds is 2. The molecule has 2 rings (SSSR count). The van der Waals surface area contributed by atoms with E-state index in [0.29, 0.717) is 5.82 Å². The summed E-state index contributed by atoms with van der Waals surface area (Å²) in [5, 5.41) is 5.18. The number of aromatic nitrogens is 1. The van der Waals surface area contributed by atoms with Gasteiger partial charge >= 0.3 is 0 Å². The van der Waals surface area contributed by atoms with Crippen molar-refractivity contribution in [3.63, 3.8) is 0 Å². The van der Waals surface area contributed by atoms with Crippen molar-refractivity contribution in [2.75, 3.05) is 5.32 Å². The van der Waals surface area contributed by atoms with E-state index in [1.165, 1.54) is 18.2 Å². The predicted molar refractivity (Wildman–Crippen MR) is 74.3 cm³/mol. The predicted octanol–water partition coefficient (Wildman–Crippen LogP) is 2.35. The number of amides is 1. The van der Waals surface area contributed by atoms with E-state index in [9.17, 15) is 9.18 Å². The van der Waals surface area contributed by atoms with Crippen molar-refractivity contribution in [3.8, 4) is 0 Å². The van der Waals surface area contributed by atoms with Crippen LogP contribution in [0.5, 0.6) is 0 Å². The van der Waals surface area contributed by atoms with Gasteiger partial charge in [0.05, 0.1) is 5.56 Å². The third-order valence-electron chi connectivity index (χ3n) is 2.25. The number of carbonyl (C=O) groups excluding carboxylic acids is 1. The van der Waals surface area contributed by atoms with Crippen LogP contribution in [0.1, 0.15) is 10.4 Å². The van der Waals surface area contributed by atoms with Crippen molar-refractivity contribution < 1.29 is 9.18 Å². The Morgan fingerprint density at radius 3 is 2.58 bits per heavy atom. The summed E-state index contributed by atoms with van der Waals surface area (Å²) in [6, 6.07) is 10.9. The molecule has 1 aromatic heterocycles. The van der Waals surface area contributed by atoms with Gasteiger partial charge < -0.3 is 5.32 Å². The average molecular weight is 275 g/mol. The van der Waals surface area contributed by atoms with Crippen molar-refractivity contribution in [1.29, 1.82) is 0 Å². The summed E-state index contributed by atoms with van der Waals surface area (Å²) in [5.74, 6) is -0.700. The highest BCUT2D eigenvalue weighted by Gasteiger charge is 2.12. The minimum absolute atomic E-state index is 0.0620. The lowest BCUT2D eigenvalue weighted by molar-refractivity contribution is 0.0974. The van der Waals surface area contributed by atoms with Crippen molar-refractivity contribution in [2.45, 2.75) is 0 Å².